The molecule has 0 atom stereocenters. The predicted molar refractivity (Wildman–Crippen MR) is 176 cm³/mol. The van der Waals surface area contributed by atoms with Crippen LogP contribution in [0.25, 0.3) is 82.8 Å². The number of hydrogen-bond acceptors (Lipinski definition) is 3. The predicted octanol–water partition coefficient (Wildman–Crippen LogP) is 12.1. The van der Waals surface area contributed by atoms with E-state index in [1.54, 1.807) is 0 Å². The molecule has 0 saturated carbocycles. The zero-order valence-electron chi connectivity index (χ0n) is 20.8. The topological polar surface area (TPSA) is 0 Å². The van der Waals surface area contributed by atoms with Gasteiger partial charge in [-0.3, -0.25) is 0 Å². The zero-order valence-corrected chi connectivity index (χ0v) is 23.2. The number of thiophene rings is 3. The molecule has 0 fully saturated rings. The summed E-state index contributed by atoms with van der Waals surface area (Å²) in [7, 11) is 0. The van der Waals surface area contributed by atoms with Crippen LogP contribution in [0, 0.1) is 0 Å². The molecule has 9 aromatic rings. The van der Waals surface area contributed by atoms with Crippen LogP contribution in [-0.4, -0.2) is 0 Å². The lowest BCUT2D eigenvalue weighted by molar-refractivity contribution is 1.66. The van der Waals surface area contributed by atoms with E-state index in [9.17, 15) is 0 Å². The third-order valence-electron chi connectivity index (χ3n) is 7.82. The van der Waals surface area contributed by atoms with Crippen LogP contribution < -0.4 is 0 Å². The highest BCUT2D eigenvalue weighted by molar-refractivity contribution is 7.36. The summed E-state index contributed by atoms with van der Waals surface area (Å²) in [6.07, 6.45) is 0. The number of hydrogen-bond donors (Lipinski definition) is 0. The van der Waals surface area contributed by atoms with Crippen molar-refractivity contribution in [3.63, 3.8) is 0 Å². The molecule has 3 aromatic heterocycles. The van der Waals surface area contributed by atoms with Crippen molar-refractivity contribution in [1.82, 2.24) is 0 Å². The Balaban J connectivity index is 1.17. The van der Waals surface area contributed by atoms with Gasteiger partial charge in [0, 0.05) is 29.7 Å². The summed E-state index contributed by atoms with van der Waals surface area (Å²) in [5, 5.41) is 9.33. The first-order chi connectivity index (χ1) is 19.3. The standard InChI is InChI=1S/C36H20S3/c1-2-6-21(7-3-1)25-11-13-27-19-32(37-31(27)17-25)26-12-10-24-16-30-34(20-28(24)14-26)39-35-29-15-22-8-4-5-9-23(22)18-33(29)38-36(30)35/h1-20H. The Labute approximate surface area is 237 Å². The quantitative estimate of drug-likeness (QED) is 0.201. The molecule has 3 heteroatoms. The lowest BCUT2D eigenvalue weighted by Gasteiger charge is -2.03. The molecule has 3 heterocycles. The van der Waals surface area contributed by atoms with Gasteiger partial charge in [-0.05, 0) is 86.1 Å². The number of benzene rings is 6. The van der Waals surface area contributed by atoms with Gasteiger partial charge in [0.2, 0.25) is 0 Å². The molecule has 0 unspecified atom stereocenters. The highest BCUT2D eigenvalue weighted by Crippen LogP contribution is 2.46. The van der Waals surface area contributed by atoms with Crippen molar-refractivity contribution >= 4 is 95.2 Å². The van der Waals surface area contributed by atoms with E-state index in [2.05, 4.69) is 121 Å². The van der Waals surface area contributed by atoms with E-state index in [4.69, 9.17) is 0 Å². The minimum absolute atomic E-state index is 1.26. The minimum Gasteiger partial charge on any atom is -0.135 e. The van der Waals surface area contributed by atoms with Crippen LogP contribution in [0.15, 0.2) is 121 Å². The maximum Gasteiger partial charge on any atom is 0.0542 e. The average molecular weight is 549 g/mol. The summed E-state index contributed by atoms with van der Waals surface area (Å²) >= 11 is 5.76. The summed E-state index contributed by atoms with van der Waals surface area (Å²) in [5.74, 6) is 0. The van der Waals surface area contributed by atoms with E-state index in [1.165, 1.54) is 82.8 Å². The van der Waals surface area contributed by atoms with Crippen LogP contribution in [0.2, 0.25) is 0 Å². The van der Waals surface area contributed by atoms with Gasteiger partial charge in [0.15, 0.2) is 0 Å². The fourth-order valence-corrected chi connectivity index (χ4v) is 9.62. The smallest absolute Gasteiger partial charge is 0.0542 e. The zero-order chi connectivity index (χ0) is 25.5. The molecule has 0 N–H and O–H groups in total. The summed E-state index contributed by atoms with van der Waals surface area (Å²) in [4.78, 5) is 1.32. The fourth-order valence-electron chi connectivity index (χ4n) is 5.82. The lowest BCUT2D eigenvalue weighted by atomic mass is 10.0. The van der Waals surface area contributed by atoms with Gasteiger partial charge in [-0.1, -0.05) is 78.9 Å². The van der Waals surface area contributed by atoms with Crippen molar-refractivity contribution in [1.29, 1.82) is 0 Å². The van der Waals surface area contributed by atoms with Crippen LogP contribution in [-0.2, 0) is 0 Å². The Hall–Kier alpha value is -4.02. The number of rotatable bonds is 2. The van der Waals surface area contributed by atoms with Crippen LogP contribution in [0.5, 0.6) is 0 Å². The molecule has 0 amide bonds. The molecule has 0 bridgehead atoms. The Morgan fingerprint density at radius 2 is 0.949 bits per heavy atom. The van der Waals surface area contributed by atoms with Crippen molar-refractivity contribution < 1.29 is 0 Å². The SMILES string of the molecule is c1ccc(-c2ccc3cc(-c4ccc5cc6c(cc5c4)sc4c5cc7ccccc7cc5sc64)sc3c2)cc1. The highest BCUT2D eigenvalue weighted by Gasteiger charge is 2.14. The van der Waals surface area contributed by atoms with Crippen molar-refractivity contribution in [3.8, 4) is 21.6 Å². The third kappa shape index (κ3) is 3.41. The Kier molecular flexibility index (Phi) is 4.62. The van der Waals surface area contributed by atoms with Crippen LogP contribution in [0.4, 0.5) is 0 Å². The second kappa shape index (κ2) is 8.24. The van der Waals surface area contributed by atoms with E-state index >= 15 is 0 Å². The van der Waals surface area contributed by atoms with Crippen molar-refractivity contribution in [2.45, 2.75) is 0 Å². The van der Waals surface area contributed by atoms with Crippen LogP contribution in [0.1, 0.15) is 0 Å². The van der Waals surface area contributed by atoms with E-state index in [0.29, 0.717) is 0 Å². The van der Waals surface area contributed by atoms with Gasteiger partial charge in [0.1, 0.15) is 0 Å². The summed E-state index contributed by atoms with van der Waals surface area (Å²) in [5.41, 5.74) is 3.83. The molecular formula is C36H20S3. The molecule has 0 nitrogen and oxygen atoms in total. The monoisotopic (exact) mass is 548 g/mol. The first-order valence-electron chi connectivity index (χ1n) is 13.1. The van der Waals surface area contributed by atoms with Gasteiger partial charge in [-0.25, -0.2) is 0 Å². The number of fused-ring (bicyclic) bond motifs is 8. The van der Waals surface area contributed by atoms with Gasteiger partial charge >= 0.3 is 0 Å². The molecule has 39 heavy (non-hydrogen) atoms. The normalized spacial score (nSPS) is 12.1. The van der Waals surface area contributed by atoms with Gasteiger partial charge in [0.25, 0.3) is 0 Å². The average Bonchev–Trinajstić information content (AvgIpc) is 3.66. The Morgan fingerprint density at radius 3 is 1.72 bits per heavy atom. The summed E-state index contributed by atoms with van der Waals surface area (Å²) in [6, 6.07) is 45.0. The minimum atomic E-state index is 1.26. The van der Waals surface area contributed by atoms with Crippen molar-refractivity contribution in [2.75, 3.05) is 0 Å². The second-order valence-electron chi connectivity index (χ2n) is 10.2. The lowest BCUT2D eigenvalue weighted by Crippen LogP contribution is -1.76. The first-order valence-corrected chi connectivity index (χ1v) is 15.5. The molecule has 6 aromatic carbocycles. The molecule has 0 aliphatic heterocycles. The second-order valence-corrected chi connectivity index (χ2v) is 13.4. The van der Waals surface area contributed by atoms with E-state index in [0.717, 1.165) is 0 Å². The highest BCUT2D eigenvalue weighted by atomic mass is 32.1. The van der Waals surface area contributed by atoms with Crippen molar-refractivity contribution in [2.24, 2.45) is 0 Å². The van der Waals surface area contributed by atoms with E-state index in [-0.39, 0.29) is 0 Å². The van der Waals surface area contributed by atoms with Crippen LogP contribution in [0.3, 0.4) is 0 Å². The molecular weight excluding hydrogens is 529 g/mol. The molecule has 0 radical (unpaired) electrons. The molecule has 0 aliphatic rings. The molecule has 0 saturated heterocycles. The maximum atomic E-state index is 2.40. The fraction of sp³-hybridized carbons (Fsp3) is 0. The molecule has 0 spiro atoms. The Bertz CT molecular complexity index is 2380. The van der Waals surface area contributed by atoms with Crippen LogP contribution >= 0.6 is 34.0 Å². The summed E-state index contributed by atoms with van der Waals surface area (Å²) < 4.78 is 6.93. The van der Waals surface area contributed by atoms with Crippen molar-refractivity contribution in [3.05, 3.63) is 121 Å². The Morgan fingerprint density at radius 1 is 0.333 bits per heavy atom. The maximum absolute atomic E-state index is 2.40. The summed E-state index contributed by atoms with van der Waals surface area (Å²) in [6.45, 7) is 0. The van der Waals surface area contributed by atoms with E-state index < -0.39 is 0 Å². The first kappa shape index (κ1) is 21.9. The molecule has 0 aliphatic carbocycles. The van der Waals surface area contributed by atoms with Gasteiger partial charge in [-0.2, -0.15) is 0 Å². The van der Waals surface area contributed by atoms with Gasteiger partial charge < -0.3 is 0 Å². The molecule has 182 valence electrons. The largest absolute Gasteiger partial charge is 0.135 e. The van der Waals surface area contributed by atoms with E-state index in [1.807, 2.05) is 34.0 Å². The molecule has 9 rings (SSSR count). The third-order valence-corrected chi connectivity index (χ3v) is 11.5. The van der Waals surface area contributed by atoms with Gasteiger partial charge in [0.05, 0.1) is 9.40 Å². The van der Waals surface area contributed by atoms with Gasteiger partial charge in [-0.15, -0.1) is 34.0 Å².